The number of nitrogens with zero attached hydrogens (tertiary/aromatic N) is 1. The topological polar surface area (TPSA) is 94.5 Å². The van der Waals surface area contributed by atoms with Crippen molar-refractivity contribution in [3.05, 3.63) is 65.2 Å². The number of benzene rings is 2. The Labute approximate surface area is 180 Å². The molecule has 0 saturated carbocycles. The van der Waals surface area contributed by atoms with Crippen molar-refractivity contribution < 1.29 is 33.6 Å². The first-order chi connectivity index (χ1) is 15.0. The van der Waals surface area contributed by atoms with Gasteiger partial charge in [0.2, 0.25) is 0 Å². The fraction of sp³-hybridized carbons (Fsp3) is 0.304. The number of Topliss-reactive ketones (excluding diaryl/α,β-unsaturated/α-hetero) is 1. The summed E-state index contributed by atoms with van der Waals surface area (Å²) < 4.78 is 21.2. The van der Waals surface area contributed by atoms with Gasteiger partial charge in [0.05, 0.1) is 32.4 Å². The van der Waals surface area contributed by atoms with E-state index < -0.39 is 24.0 Å². The highest BCUT2D eigenvalue weighted by molar-refractivity contribution is 6.46. The molecule has 31 heavy (non-hydrogen) atoms. The van der Waals surface area contributed by atoms with Crippen LogP contribution in [0.4, 0.5) is 0 Å². The largest absolute Gasteiger partial charge is 0.507 e. The lowest BCUT2D eigenvalue weighted by atomic mass is 9.95. The average molecular weight is 427 g/mol. The van der Waals surface area contributed by atoms with Crippen molar-refractivity contribution >= 4 is 17.4 Å². The van der Waals surface area contributed by atoms with Crippen LogP contribution in [0, 0.1) is 0 Å². The second kappa shape index (κ2) is 9.63. The maximum absolute atomic E-state index is 13.0. The molecule has 1 atom stereocenters. The molecule has 0 radical (unpaired) electrons. The van der Waals surface area contributed by atoms with Gasteiger partial charge in [0.1, 0.15) is 5.76 Å². The molecule has 0 bridgehead atoms. The Hall–Kier alpha value is -3.36. The molecule has 1 aliphatic rings. The van der Waals surface area contributed by atoms with Gasteiger partial charge in [0.25, 0.3) is 11.7 Å². The number of likely N-dealkylation sites (tertiary alicyclic amines) is 1. The van der Waals surface area contributed by atoms with Crippen LogP contribution in [0.25, 0.3) is 5.76 Å². The zero-order valence-corrected chi connectivity index (χ0v) is 17.8. The summed E-state index contributed by atoms with van der Waals surface area (Å²) in [6.45, 7) is -0.0118. The van der Waals surface area contributed by atoms with Gasteiger partial charge >= 0.3 is 0 Å². The van der Waals surface area contributed by atoms with Crippen molar-refractivity contribution in [2.75, 3.05) is 35.0 Å². The standard InChI is InChI=1S/C23H25NO7/c1-28-16-11-10-15(12-17(16)29-2)20-19(21(25)14-8-6-5-7-9-14)22(26)23(27)24(20)13-18(30-3)31-4/h5-12,18,20,25H,13H2,1-4H3/b21-19+. The number of rotatable bonds is 8. The SMILES string of the molecule is COc1ccc(C2/C(=C(\O)c3ccccc3)C(=O)C(=O)N2CC(OC)OC)cc1OC. The zero-order chi connectivity index (χ0) is 22.5. The van der Waals surface area contributed by atoms with E-state index in [9.17, 15) is 14.7 Å². The van der Waals surface area contributed by atoms with Crippen LogP contribution in [0.1, 0.15) is 17.2 Å². The maximum atomic E-state index is 13.0. The summed E-state index contributed by atoms with van der Waals surface area (Å²) in [5.41, 5.74) is 0.982. The summed E-state index contributed by atoms with van der Waals surface area (Å²) in [5, 5.41) is 11.0. The molecule has 0 aliphatic carbocycles. The number of ketones is 1. The highest BCUT2D eigenvalue weighted by Gasteiger charge is 2.47. The summed E-state index contributed by atoms with van der Waals surface area (Å²) in [4.78, 5) is 27.3. The van der Waals surface area contributed by atoms with Crippen molar-refractivity contribution in [3.8, 4) is 11.5 Å². The smallest absolute Gasteiger partial charge is 0.295 e. The van der Waals surface area contributed by atoms with E-state index in [4.69, 9.17) is 18.9 Å². The summed E-state index contributed by atoms with van der Waals surface area (Å²) in [5.74, 6) is -0.866. The molecule has 1 amide bonds. The van der Waals surface area contributed by atoms with Gasteiger partial charge < -0.3 is 29.0 Å². The van der Waals surface area contributed by atoms with Crippen LogP contribution < -0.4 is 9.47 Å². The quantitative estimate of drug-likeness (QED) is 0.300. The molecule has 2 aromatic carbocycles. The molecular formula is C23H25NO7. The average Bonchev–Trinajstić information content (AvgIpc) is 3.06. The molecule has 164 valence electrons. The van der Waals surface area contributed by atoms with Crippen LogP contribution in [0.5, 0.6) is 11.5 Å². The molecule has 0 spiro atoms. The first-order valence-corrected chi connectivity index (χ1v) is 9.58. The van der Waals surface area contributed by atoms with Crippen LogP contribution in [0.2, 0.25) is 0 Å². The van der Waals surface area contributed by atoms with Crippen molar-refractivity contribution in [2.45, 2.75) is 12.3 Å². The minimum absolute atomic E-state index is 0.0118. The summed E-state index contributed by atoms with van der Waals surface area (Å²) in [6, 6.07) is 12.8. The molecule has 1 aliphatic heterocycles. The number of hydrogen-bond acceptors (Lipinski definition) is 7. The number of aliphatic hydroxyl groups is 1. The molecule has 1 fully saturated rings. The van der Waals surface area contributed by atoms with E-state index in [0.717, 1.165) is 0 Å². The Balaban J connectivity index is 2.19. The zero-order valence-electron chi connectivity index (χ0n) is 17.8. The number of carbonyl (C=O) groups is 2. The Kier molecular flexibility index (Phi) is 6.94. The van der Waals surface area contributed by atoms with Crippen LogP contribution >= 0.6 is 0 Å². The van der Waals surface area contributed by atoms with E-state index in [-0.39, 0.29) is 17.9 Å². The molecule has 0 aromatic heterocycles. The number of ether oxygens (including phenoxy) is 4. The molecule has 8 nitrogen and oxygen atoms in total. The van der Waals surface area contributed by atoms with Gasteiger partial charge in [0, 0.05) is 19.8 Å². The lowest BCUT2D eigenvalue weighted by Crippen LogP contribution is -2.38. The number of amides is 1. The van der Waals surface area contributed by atoms with E-state index in [1.54, 1.807) is 48.5 Å². The predicted molar refractivity (Wildman–Crippen MR) is 113 cm³/mol. The van der Waals surface area contributed by atoms with Gasteiger partial charge in [-0.3, -0.25) is 9.59 Å². The van der Waals surface area contributed by atoms with Crippen LogP contribution in [0.15, 0.2) is 54.1 Å². The summed E-state index contributed by atoms with van der Waals surface area (Å²) in [6.07, 6.45) is -0.752. The molecule has 1 unspecified atom stereocenters. The number of hydrogen-bond donors (Lipinski definition) is 1. The fourth-order valence-corrected chi connectivity index (χ4v) is 3.60. The van der Waals surface area contributed by atoms with E-state index >= 15 is 0 Å². The van der Waals surface area contributed by atoms with Crippen molar-refractivity contribution in [1.82, 2.24) is 4.90 Å². The van der Waals surface area contributed by atoms with Gasteiger partial charge in [-0.15, -0.1) is 0 Å². The minimum Gasteiger partial charge on any atom is -0.507 e. The van der Waals surface area contributed by atoms with Gasteiger partial charge in [-0.1, -0.05) is 36.4 Å². The molecule has 3 rings (SSSR count). The first kappa shape index (κ1) is 22.3. The number of methoxy groups -OCH3 is 4. The predicted octanol–water partition coefficient (Wildman–Crippen LogP) is 2.74. The third kappa shape index (κ3) is 4.26. The van der Waals surface area contributed by atoms with Gasteiger partial charge in [-0.2, -0.15) is 0 Å². The van der Waals surface area contributed by atoms with E-state index in [1.807, 2.05) is 0 Å². The lowest BCUT2D eigenvalue weighted by molar-refractivity contribution is -0.149. The first-order valence-electron chi connectivity index (χ1n) is 9.58. The third-order valence-electron chi connectivity index (χ3n) is 5.18. The maximum Gasteiger partial charge on any atom is 0.295 e. The summed E-state index contributed by atoms with van der Waals surface area (Å²) in [7, 11) is 5.90. The molecule has 1 saturated heterocycles. The lowest BCUT2D eigenvalue weighted by Gasteiger charge is -2.28. The minimum atomic E-state index is -0.868. The van der Waals surface area contributed by atoms with Crippen LogP contribution in [0.3, 0.4) is 0 Å². The Morgan fingerprint density at radius 2 is 1.61 bits per heavy atom. The van der Waals surface area contributed by atoms with E-state index in [1.165, 1.54) is 33.3 Å². The van der Waals surface area contributed by atoms with Crippen molar-refractivity contribution in [2.24, 2.45) is 0 Å². The van der Waals surface area contributed by atoms with E-state index in [0.29, 0.717) is 22.6 Å². The van der Waals surface area contributed by atoms with Crippen LogP contribution in [-0.2, 0) is 19.1 Å². The highest BCUT2D eigenvalue weighted by Crippen LogP contribution is 2.42. The Morgan fingerprint density at radius 1 is 0.968 bits per heavy atom. The molecule has 8 heteroatoms. The van der Waals surface area contributed by atoms with Crippen molar-refractivity contribution in [3.63, 3.8) is 0 Å². The van der Waals surface area contributed by atoms with Gasteiger partial charge in [0.15, 0.2) is 17.8 Å². The normalized spacial score (nSPS) is 18.0. The fourth-order valence-electron chi connectivity index (χ4n) is 3.60. The molecule has 2 aromatic rings. The summed E-state index contributed by atoms with van der Waals surface area (Å²) >= 11 is 0. The van der Waals surface area contributed by atoms with Gasteiger partial charge in [-0.05, 0) is 17.7 Å². The Bertz CT molecular complexity index is 983. The second-order valence-electron chi connectivity index (χ2n) is 6.83. The second-order valence-corrected chi connectivity index (χ2v) is 6.83. The van der Waals surface area contributed by atoms with Crippen LogP contribution in [-0.4, -0.2) is 63.0 Å². The number of carbonyl (C=O) groups excluding carboxylic acids is 2. The van der Waals surface area contributed by atoms with Crippen molar-refractivity contribution in [1.29, 1.82) is 0 Å². The third-order valence-corrected chi connectivity index (χ3v) is 5.18. The molecule has 1 heterocycles. The monoisotopic (exact) mass is 427 g/mol. The highest BCUT2D eigenvalue weighted by atomic mass is 16.7. The number of aliphatic hydroxyl groups excluding tert-OH is 1. The Morgan fingerprint density at radius 3 is 2.19 bits per heavy atom. The van der Waals surface area contributed by atoms with Gasteiger partial charge in [-0.25, -0.2) is 0 Å². The molecular weight excluding hydrogens is 402 g/mol. The molecule has 1 N–H and O–H groups in total. The van der Waals surface area contributed by atoms with E-state index in [2.05, 4.69) is 0 Å².